The molecule has 2 rings (SSSR count). The number of thioether (sulfide) groups is 1. The topological polar surface area (TPSA) is 29.9 Å². The molecule has 0 bridgehead atoms. The fourth-order valence-corrected chi connectivity index (χ4v) is 4.44. The summed E-state index contributed by atoms with van der Waals surface area (Å²) in [5.74, 6) is 0.904. The summed E-state index contributed by atoms with van der Waals surface area (Å²) in [5.41, 5.74) is 1.11. The zero-order valence-corrected chi connectivity index (χ0v) is 12.8. The third-order valence-electron chi connectivity index (χ3n) is 4.08. The lowest BCUT2D eigenvalue weighted by atomic mass is 9.84. The highest BCUT2D eigenvalue weighted by molar-refractivity contribution is 7.99. The van der Waals surface area contributed by atoms with Crippen molar-refractivity contribution in [2.75, 3.05) is 7.05 Å². The number of aryl methyl sites for hydroxylation is 2. The lowest BCUT2D eigenvalue weighted by molar-refractivity contribution is 0.304. The molecule has 1 aromatic rings. The van der Waals surface area contributed by atoms with E-state index < -0.39 is 0 Å². The van der Waals surface area contributed by atoms with Gasteiger partial charge in [0.15, 0.2) is 0 Å². The molecule has 1 aliphatic rings. The van der Waals surface area contributed by atoms with Crippen LogP contribution in [0, 0.1) is 12.8 Å². The number of hydrogen-bond acceptors (Lipinski definition) is 3. The molecule has 0 amide bonds. The first-order chi connectivity index (χ1) is 8.63. The predicted octanol–water partition coefficient (Wildman–Crippen LogP) is 2.99. The van der Waals surface area contributed by atoms with E-state index in [1.807, 2.05) is 23.5 Å². The summed E-state index contributed by atoms with van der Waals surface area (Å²) in [7, 11) is 4.14. The van der Waals surface area contributed by atoms with Crippen LogP contribution in [0.5, 0.6) is 0 Å². The third kappa shape index (κ3) is 3.09. The van der Waals surface area contributed by atoms with Crippen LogP contribution in [0.4, 0.5) is 0 Å². The minimum Gasteiger partial charge on any atom is -0.316 e. The maximum Gasteiger partial charge on any atom is 0.0942 e. The summed E-state index contributed by atoms with van der Waals surface area (Å²) in [5, 5.41) is 9.92. The van der Waals surface area contributed by atoms with E-state index in [0.29, 0.717) is 11.3 Å². The first-order valence-electron chi connectivity index (χ1n) is 6.98. The van der Waals surface area contributed by atoms with Gasteiger partial charge in [0.05, 0.1) is 10.7 Å². The van der Waals surface area contributed by atoms with E-state index in [-0.39, 0.29) is 0 Å². The van der Waals surface area contributed by atoms with Gasteiger partial charge in [-0.25, -0.2) is 0 Å². The van der Waals surface area contributed by atoms with Gasteiger partial charge in [-0.2, -0.15) is 5.10 Å². The minimum atomic E-state index is 0.646. The number of hydrogen-bond donors (Lipinski definition) is 1. The van der Waals surface area contributed by atoms with Crippen LogP contribution >= 0.6 is 11.8 Å². The van der Waals surface area contributed by atoms with E-state index in [2.05, 4.69) is 37.4 Å². The fourth-order valence-electron chi connectivity index (χ4n) is 2.90. The van der Waals surface area contributed by atoms with E-state index in [4.69, 9.17) is 0 Å². The van der Waals surface area contributed by atoms with Crippen molar-refractivity contribution in [2.45, 2.75) is 55.8 Å². The number of rotatable bonds is 4. The SMILES string of the molecule is CCC1CCC(NC)C(Sc2cc(C)nn2C)C1. The maximum absolute atomic E-state index is 4.44. The zero-order valence-electron chi connectivity index (χ0n) is 11.9. The van der Waals surface area contributed by atoms with Crippen LogP contribution in [0.25, 0.3) is 0 Å². The summed E-state index contributed by atoms with van der Waals surface area (Å²) in [6, 6.07) is 2.85. The summed E-state index contributed by atoms with van der Waals surface area (Å²) in [6.07, 6.45) is 5.34. The minimum absolute atomic E-state index is 0.646. The highest BCUT2D eigenvalue weighted by Gasteiger charge is 2.30. The first kappa shape index (κ1) is 13.9. The van der Waals surface area contributed by atoms with Crippen LogP contribution in [0.1, 0.15) is 38.3 Å². The third-order valence-corrected chi connectivity index (χ3v) is 5.53. The molecule has 1 fully saturated rings. The summed E-state index contributed by atoms with van der Waals surface area (Å²) in [6.45, 7) is 4.38. The van der Waals surface area contributed by atoms with Gasteiger partial charge in [-0.3, -0.25) is 4.68 Å². The fraction of sp³-hybridized carbons (Fsp3) is 0.786. The Morgan fingerprint density at radius 2 is 2.28 bits per heavy atom. The van der Waals surface area contributed by atoms with Crippen LogP contribution in [-0.2, 0) is 7.05 Å². The van der Waals surface area contributed by atoms with Crippen molar-refractivity contribution in [3.05, 3.63) is 11.8 Å². The van der Waals surface area contributed by atoms with Crippen molar-refractivity contribution in [1.82, 2.24) is 15.1 Å². The molecule has 0 aliphatic heterocycles. The van der Waals surface area contributed by atoms with Gasteiger partial charge >= 0.3 is 0 Å². The standard InChI is InChI=1S/C14H25N3S/c1-5-11-6-7-12(15-3)13(9-11)18-14-8-10(2)16-17(14)4/h8,11-13,15H,5-7,9H2,1-4H3. The Labute approximate surface area is 115 Å². The first-order valence-corrected chi connectivity index (χ1v) is 7.86. The van der Waals surface area contributed by atoms with Gasteiger partial charge in [0.25, 0.3) is 0 Å². The molecule has 3 unspecified atom stereocenters. The molecule has 1 saturated carbocycles. The van der Waals surface area contributed by atoms with E-state index in [9.17, 15) is 0 Å². The summed E-state index contributed by atoms with van der Waals surface area (Å²) >= 11 is 2.00. The van der Waals surface area contributed by atoms with Crippen molar-refractivity contribution in [3.63, 3.8) is 0 Å². The molecule has 0 saturated heterocycles. The molecule has 4 heteroatoms. The largest absolute Gasteiger partial charge is 0.316 e. The molecular formula is C14H25N3S. The molecule has 1 aromatic heterocycles. The Hall–Kier alpha value is -0.480. The highest BCUT2D eigenvalue weighted by Crippen LogP contribution is 2.37. The van der Waals surface area contributed by atoms with E-state index >= 15 is 0 Å². The molecule has 0 spiro atoms. The molecule has 1 N–H and O–H groups in total. The van der Waals surface area contributed by atoms with E-state index in [0.717, 1.165) is 11.6 Å². The molecule has 0 aromatic carbocycles. The molecule has 3 atom stereocenters. The normalized spacial score (nSPS) is 28.6. The monoisotopic (exact) mass is 267 g/mol. The second-order valence-electron chi connectivity index (χ2n) is 5.39. The lowest BCUT2D eigenvalue weighted by Gasteiger charge is -2.35. The second-order valence-corrected chi connectivity index (χ2v) is 6.65. The van der Waals surface area contributed by atoms with Crippen molar-refractivity contribution in [3.8, 4) is 0 Å². The number of nitrogens with zero attached hydrogens (tertiary/aromatic N) is 2. The van der Waals surface area contributed by atoms with Crippen LogP contribution in [-0.4, -0.2) is 28.1 Å². The highest BCUT2D eigenvalue weighted by atomic mass is 32.2. The van der Waals surface area contributed by atoms with Gasteiger partial charge in [0, 0.05) is 18.3 Å². The van der Waals surface area contributed by atoms with Crippen molar-refractivity contribution < 1.29 is 0 Å². The van der Waals surface area contributed by atoms with Gasteiger partial charge in [0.2, 0.25) is 0 Å². The quantitative estimate of drug-likeness (QED) is 0.909. The average Bonchev–Trinajstić information content (AvgIpc) is 2.67. The second kappa shape index (κ2) is 6.11. The predicted molar refractivity (Wildman–Crippen MR) is 78.1 cm³/mol. The van der Waals surface area contributed by atoms with Crippen molar-refractivity contribution >= 4 is 11.8 Å². The van der Waals surface area contributed by atoms with E-state index in [1.54, 1.807) is 0 Å². The van der Waals surface area contributed by atoms with Crippen LogP contribution < -0.4 is 5.32 Å². The average molecular weight is 267 g/mol. The van der Waals surface area contributed by atoms with Gasteiger partial charge in [-0.15, -0.1) is 11.8 Å². The van der Waals surface area contributed by atoms with Gasteiger partial charge in [-0.1, -0.05) is 13.3 Å². The molecule has 1 heterocycles. The molecule has 18 heavy (non-hydrogen) atoms. The van der Waals surface area contributed by atoms with Gasteiger partial charge in [0.1, 0.15) is 0 Å². The molecule has 102 valence electrons. The van der Waals surface area contributed by atoms with Crippen LogP contribution in [0.2, 0.25) is 0 Å². The van der Waals surface area contributed by atoms with Crippen molar-refractivity contribution in [1.29, 1.82) is 0 Å². The molecule has 1 aliphatic carbocycles. The number of aromatic nitrogens is 2. The molecular weight excluding hydrogens is 242 g/mol. The Balaban J connectivity index is 2.06. The summed E-state index contributed by atoms with van der Waals surface area (Å²) < 4.78 is 2.02. The smallest absolute Gasteiger partial charge is 0.0942 e. The Kier molecular flexibility index (Phi) is 4.73. The van der Waals surface area contributed by atoms with Gasteiger partial charge in [-0.05, 0) is 45.2 Å². The van der Waals surface area contributed by atoms with Crippen LogP contribution in [0.15, 0.2) is 11.1 Å². The zero-order chi connectivity index (χ0) is 13.1. The van der Waals surface area contributed by atoms with Crippen molar-refractivity contribution in [2.24, 2.45) is 13.0 Å². The number of nitrogens with one attached hydrogen (secondary N) is 1. The molecule has 3 nitrogen and oxygen atoms in total. The van der Waals surface area contributed by atoms with Gasteiger partial charge < -0.3 is 5.32 Å². The molecule has 0 radical (unpaired) electrons. The lowest BCUT2D eigenvalue weighted by Crippen LogP contribution is -2.40. The van der Waals surface area contributed by atoms with Crippen LogP contribution in [0.3, 0.4) is 0 Å². The maximum atomic E-state index is 4.44. The van der Waals surface area contributed by atoms with E-state index in [1.165, 1.54) is 30.7 Å². The summed E-state index contributed by atoms with van der Waals surface area (Å²) in [4.78, 5) is 0. The Morgan fingerprint density at radius 1 is 1.50 bits per heavy atom. The Morgan fingerprint density at radius 3 is 2.83 bits per heavy atom. The Bertz CT molecular complexity index is 388.